The molecule has 19 heavy (non-hydrogen) atoms. The van der Waals surface area contributed by atoms with Crippen molar-refractivity contribution in [1.82, 2.24) is 9.97 Å². The molecule has 0 unspecified atom stereocenters. The van der Waals surface area contributed by atoms with Crippen molar-refractivity contribution in [3.05, 3.63) is 23.4 Å². The SMILES string of the molecule is COc1cc(-c2cnc(NN)[nH]2)c(OC)c(C)c1C. The Bertz CT molecular complexity index is 593. The Balaban J connectivity index is 2.64. The molecule has 0 saturated carbocycles. The van der Waals surface area contributed by atoms with Crippen LogP contribution in [-0.2, 0) is 0 Å². The molecule has 102 valence electrons. The van der Waals surface area contributed by atoms with Gasteiger partial charge in [0, 0.05) is 5.56 Å². The largest absolute Gasteiger partial charge is 0.496 e. The number of hydrogen-bond acceptors (Lipinski definition) is 5. The second kappa shape index (κ2) is 5.19. The van der Waals surface area contributed by atoms with Gasteiger partial charge >= 0.3 is 0 Å². The number of H-pyrrole nitrogens is 1. The highest BCUT2D eigenvalue weighted by Gasteiger charge is 2.16. The van der Waals surface area contributed by atoms with Gasteiger partial charge in [-0.15, -0.1) is 0 Å². The molecular weight excluding hydrogens is 244 g/mol. The molecule has 0 spiro atoms. The van der Waals surface area contributed by atoms with E-state index in [0.29, 0.717) is 5.95 Å². The minimum Gasteiger partial charge on any atom is -0.496 e. The molecule has 0 amide bonds. The number of nitrogen functional groups attached to an aromatic ring is 1. The van der Waals surface area contributed by atoms with E-state index in [4.69, 9.17) is 15.3 Å². The zero-order valence-corrected chi connectivity index (χ0v) is 11.5. The van der Waals surface area contributed by atoms with Crippen LogP contribution in [0.3, 0.4) is 0 Å². The van der Waals surface area contributed by atoms with Crippen molar-refractivity contribution in [2.24, 2.45) is 5.84 Å². The van der Waals surface area contributed by atoms with Gasteiger partial charge in [0.1, 0.15) is 11.5 Å². The average molecular weight is 262 g/mol. The molecule has 0 aliphatic heterocycles. The van der Waals surface area contributed by atoms with Crippen molar-refractivity contribution in [3.63, 3.8) is 0 Å². The summed E-state index contributed by atoms with van der Waals surface area (Å²) in [6, 6.07) is 1.93. The van der Waals surface area contributed by atoms with E-state index in [1.54, 1.807) is 20.4 Å². The quantitative estimate of drug-likeness (QED) is 0.579. The van der Waals surface area contributed by atoms with Crippen LogP contribution in [-0.4, -0.2) is 24.2 Å². The lowest BCUT2D eigenvalue weighted by Gasteiger charge is -2.15. The first-order valence-corrected chi connectivity index (χ1v) is 5.86. The third-order valence-electron chi connectivity index (χ3n) is 3.22. The molecule has 6 heteroatoms. The van der Waals surface area contributed by atoms with E-state index in [0.717, 1.165) is 33.9 Å². The molecule has 0 atom stereocenters. The van der Waals surface area contributed by atoms with Crippen LogP contribution < -0.4 is 20.7 Å². The maximum absolute atomic E-state index is 5.50. The van der Waals surface area contributed by atoms with Gasteiger partial charge in [0.15, 0.2) is 0 Å². The highest BCUT2D eigenvalue weighted by Crippen LogP contribution is 2.38. The standard InChI is InChI=1S/C13H18N4O2/c1-7-8(2)12(19-4)9(5-11(7)18-3)10-6-15-13(16-10)17-14/h5-6H,14H2,1-4H3,(H2,15,16,17). The van der Waals surface area contributed by atoms with Gasteiger partial charge < -0.3 is 14.5 Å². The number of nitrogens with one attached hydrogen (secondary N) is 2. The third-order valence-corrected chi connectivity index (χ3v) is 3.22. The van der Waals surface area contributed by atoms with Crippen molar-refractivity contribution < 1.29 is 9.47 Å². The van der Waals surface area contributed by atoms with Crippen LogP contribution in [0.1, 0.15) is 11.1 Å². The van der Waals surface area contributed by atoms with Gasteiger partial charge in [0.05, 0.1) is 26.1 Å². The monoisotopic (exact) mass is 262 g/mol. The summed E-state index contributed by atoms with van der Waals surface area (Å²) in [6.07, 6.45) is 1.70. The number of methoxy groups -OCH3 is 2. The lowest BCUT2D eigenvalue weighted by Crippen LogP contribution is -2.07. The number of nitrogens with zero attached hydrogens (tertiary/aromatic N) is 1. The Morgan fingerprint density at radius 2 is 1.95 bits per heavy atom. The first-order valence-electron chi connectivity index (χ1n) is 5.86. The Kier molecular flexibility index (Phi) is 3.62. The van der Waals surface area contributed by atoms with E-state index < -0.39 is 0 Å². The van der Waals surface area contributed by atoms with Crippen LogP contribution in [0.4, 0.5) is 5.95 Å². The van der Waals surface area contributed by atoms with Gasteiger partial charge in [-0.25, -0.2) is 10.8 Å². The van der Waals surface area contributed by atoms with Gasteiger partial charge in [0.25, 0.3) is 0 Å². The van der Waals surface area contributed by atoms with Gasteiger partial charge in [-0.3, -0.25) is 5.43 Å². The molecule has 1 heterocycles. The molecule has 6 nitrogen and oxygen atoms in total. The number of rotatable bonds is 4. The first-order chi connectivity index (χ1) is 9.12. The molecule has 4 N–H and O–H groups in total. The summed E-state index contributed by atoms with van der Waals surface area (Å²) in [5.74, 6) is 7.42. The van der Waals surface area contributed by atoms with E-state index in [2.05, 4.69) is 15.4 Å². The van der Waals surface area contributed by atoms with Crippen molar-refractivity contribution in [1.29, 1.82) is 0 Å². The molecule has 0 radical (unpaired) electrons. The lowest BCUT2D eigenvalue weighted by atomic mass is 10.0. The van der Waals surface area contributed by atoms with E-state index in [9.17, 15) is 0 Å². The summed E-state index contributed by atoms with van der Waals surface area (Å²) in [7, 11) is 3.30. The van der Waals surface area contributed by atoms with Gasteiger partial charge in [-0.2, -0.15) is 0 Å². The van der Waals surface area contributed by atoms with Crippen LogP contribution in [0.5, 0.6) is 11.5 Å². The maximum atomic E-state index is 5.50. The normalized spacial score (nSPS) is 10.4. The minimum atomic E-state index is 0.495. The Hall–Kier alpha value is -2.21. The number of hydrazine groups is 1. The fourth-order valence-corrected chi connectivity index (χ4v) is 2.07. The van der Waals surface area contributed by atoms with E-state index in [1.807, 2.05) is 19.9 Å². The average Bonchev–Trinajstić information content (AvgIpc) is 2.90. The predicted octanol–water partition coefficient (Wildman–Crippen LogP) is 2.00. The molecule has 0 bridgehead atoms. The van der Waals surface area contributed by atoms with Crippen molar-refractivity contribution in [2.75, 3.05) is 19.6 Å². The number of imidazole rings is 1. The second-order valence-corrected chi connectivity index (χ2v) is 4.20. The van der Waals surface area contributed by atoms with Gasteiger partial charge in [0.2, 0.25) is 5.95 Å². The lowest BCUT2D eigenvalue weighted by molar-refractivity contribution is 0.399. The minimum absolute atomic E-state index is 0.495. The molecular formula is C13H18N4O2. The van der Waals surface area contributed by atoms with Crippen LogP contribution >= 0.6 is 0 Å². The predicted molar refractivity (Wildman–Crippen MR) is 74.4 cm³/mol. The summed E-state index contributed by atoms with van der Waals surface area (Å²) in [5.41, 5.74) is 6.26. The zero-order chi connectivity index (χ0) is 14.0. The summed E-state index contributed by atoms with van der Waals surface area (Å²) < 4.78 is 10.9. The summed E-state index contributed by atoms with van der Waals surface area (Å²) in [6.45, 7) is 4.00. The van der Waals surface area contributed by atoms with E-state index >= 15 is 0 Å². The number of benzene rings is 1. The summed E-state index contributed by atoms with van der Waals surface area (Å²) in [5, 5.41) is 0. The van der Waals surface area contributed by atoms with Crippen LogP contribution in [0, 0.1) is 13.8 Å². The molecule has 2 rings (SSSR count). The number of ether oxygens (including phenoxy) is 2. The van der Waals surface area contributed by atoms with Crippen LogP contribution in [0.2, 0.25) is 0 Å². The number of aromatic nitrogens is 2. The molecule has 2 aromatic rings. The molecule has 0 aliphatic carbocycles. The number of aromatic amines is 1. The number of anilines is 1. The molecule has 0 aliphatic rings. The summed E-state index contributed by atoms with van der Waals surface area (Å²) in [4.78, 5) is 7.18. The van der Waals surface area contributed by atoms with Crippen molar-refractivity contribution in [2.45, 2.75) is 13.8 Å². The molecule has 1 aromatic carbocycles. The maximum Gasteiger partial charge on any atom is 0.215 e. The number of hydrogen-bond donors (Lipinski definition) is 3. The van der Waals surface area contributed by atoms with Gasteiger partial charge in [-0.1, -0.05) is 0 Å². The highest BCUT2D eigenvalue weighted by molar-refractivity contribution is 5.73. The van der Waals surface area contributed by atoms with Crippen molar-refractivity contribution >= 4 is 5.95 Å². The Morgan fingerprint density at radius 3 is 2.47 bits per heavy atom. The zero-order valence-electron chi connectivity index (χ0n) is 11.5. The molecule has 0 saturated heterocycles. The molecule has 1 aromatic heterocycles. The fourth-order valence-electron chi connectivity index (χ4n) is 2.07. The number of nitrogens with two attached hydrogens (primary N) is 1. The second-order valence-electron chi connectivity index (χ2n) is 4.20. The molecule has 0 fully saturated rings. The van der Waals surface area contributed by atoms with E-state index in [1.165, 1.54) is 0 Å². The van der Waals surface area contributed by atoms with E-state index in [-0.39, 0.29) is 0 Å². The highest BCUT2D eigenvalue weighted by atomic mass is 16.5. The fraction of sp³-hybridized carbons (Fsp3) is 0.308. The smallest absolute Gasteiger partial charge is 0.215 e. The van der Waals surface area contributed by atoms with Crippen LogP contribution in [0.25, 0.3) is 11.3 Å². The Labute approximate surface area is 111 Å². The first kappa shape index (κ1) is 13.2. The van der Waals surface area contributed by atoms with Crippen molar-refractivity contribution in [3.8, 4) is 22.8 Å². The van der Waals surface area contributed by atoms with Gasteiger partial charge in [-0.05, 0) is 31.0 Å². The Morgan fingerprint density at radius 1 is 1.21 bits per heavy atom. The van der Waals surface area contributed by atoms with Crippen LogP contribution in [0.15, 0.2) is 12.3 Å². The summed E-state index contributed by atoms with van der Waals surface area (Å²) >= 11 is 0. The third kappa shape index (κ3) is 2.22. The topological polar surface area (TPSA) is 85.2 Å².